The Kier molecular flexibility index (Phi) is 7.11. The van der Waals surface area contributed by atoms with Gasteiger partial charge < -0.3 is 15.1 Å². The number of hydrogen-bond acceptors (Lipinski definition) is 5. The van der Waals surface area contributed by atoms with Gasteiger partial charge in [-0.05, 0) is 62.7 Å². The van der Waals surface area contributed by atoms with Crippen molar-refractivity contribution in [3.05, 3.63) is 18.3 Å². The lowest BCUT2D eigenvalue weighted by Crippen LogP contribution is -2.49. The molecule has 0 radical (unpaired) electrons. The summed E-state index contributed by atoms with van der Waals surface area (Å²) in [5.74, 6) is 1.55. The molecular formula is C18H29Cl2N5O. The SMILES string of the molecule is CN(C(=O)C1CC12CCNCC2)C1CCCN(c2cccnn2)C1.Cl.Cl. The van der Waals surface area contributed by atoms with Gasteiger partial charge in [0.2, 0.25) is 5.91 Å². The number of amides is 1. The van der Waals surface area contributed by atoms with Crippen LogP contribution in [0.2, 0.25) is 0 Å². The van der Waals surface area contributed by atoms with Crippen molar-refractivity contribution >= 4 is 36.5 Å². The Morgan fingerprint density at radius 1 is 1.35 bits per heavy atom. The molecule has 2 aliphatic heterocycles. The van der Waals surface area contributed by atoms with E-state index < -0.39 is 0 Å². The second-order valence-electron chi connectivity index (χ2n) is 7.64. The maximum atomic E-state index is 13.0. The molecule has 3 fully saturated rings. The van der Waals surface area contributed by atoms with E-state index in [1.165, 1.54) is 0 Å². The summed E-state index contributed by atoms with van der Waals surface area (Å²) in [6.07, 6.45) is 7.30. The molecular weight excluding hydrogens is 373 g/mol. The molecule has 1 aliphatic carbocycles. The number of hydrogen-bond donors (Lipinski definition) is 1. The summed E-state index contributed by atoms with van der Waals surface area (Å²) in [6, 6.07) is 4.21. The lowest BCUT2D eigenvalue weighted by atomic mass is 9.91. The first kappa shape index (κ1) is 21.2. The zero-order valence-corrected chi connectivity index (χ0v) is 16.9. The van der Waals surface area contributed by atoms with Gasteiger partial charge >= 0.3 is 0 Å². The van der Waals surface area contributed by atoms with Gasteiger partial charge in [0, 0.05) is 38.3 Å². The monoisotopic (exact) mass is 401 g/mol. The summed E-state index contributed by atoms with van der Waals surface area (Å²) in [5.41, 5.74) is 0.315. The van der Waals surface area contributed by atoms with Crippen LogP contribution in [0.1, 0.15) is 32.1 Å². The molecule has 2 unspecified atom stereocenters. The lowest BCUT2D eigenvalue weighted by Gasteiger charge is -2.38. The van der Waals surface area contributed by atoms with Crippen molar-refractivity contribution in [1.29, 1.82) is 0 Å². The molecule has 3 aliphatic rings. The summed E-state index contributed by atoms with van der Waals surface area (Å²) < 4.78 is 0. The molecule has 1 aromatic rings. The van der Waals surface area contributed by atoms with Gasteiger partial charge in [0.05, 0.1) is 0 Å². The van der Waals surface area contributed by atoms with E-state index in [9.17, 15) is 4.79 Å². The van der Waals surface area contributed by atoms with Crippen LogP contribution in [0, 0.1) is 11.3 Å². The lowest BCUT2D eigenvalue weighted by molar-refractivity contribution is -0.134. The number of nitrogens with zero attached hydrogens (tertiary/aromatic N) is 4. The summed E-state index contributed by atoms with van der Waals surface area (Å²) in [6.45, 7) is 3.99. The topological polar surface area (TPSA) is 61.4 Å². The summed E-state index contributed by atoms with van der Waals surface area (Å²) in [4.78, 5) is 17.3. The van der Waals surface area contributed by atoms with Gasteiger partial charge in [0.15, 0.2) is 5.82 Å². The minimum Gasteiger partial charge on any atom is -0.353 e. The highest BCUT2D eigenvalue weighted by Crippen LogP contribution is 2.59. The molecule has 2 saturated heterocycles. The quantitative estimate of drug-likeness (QED) is 0.840. The van der Waals surface area contributed by atoms with E-state index in [2.05, 4.69) is 20.4 Å². The summed E-state index contributed by atoms with van der Waals surface area (Å²) >= 11 is 0. The smallest absolute Gasteiger partial charge is 0.226 e. The van der Waals surface area contributed by atoms with Gasteiger partial charge in [-0.2, -0.15) is 5.10 Å². The molecule has 3 heterocycles. The van der Waals surface area contributed by atoms with Crippen molar-refractivity contribution in [3.63, 3.8) is 0 Å². The molecule has 2 atom stereocenters. The molecule has 1 saturated carbocycles. The van der Waals surface area contributed by atoms with Crippen LogP contribution >= 0.6 is 24.8 Å². The van der Waals surface area contributed by atoms with Gasteiger partial charge in [-0.15, -0.1) is 29.9 Å². The second-order valence-corrected chi connectivity index (χ2v) is 7.64. The third-order valence-electron chi connectivity index (χ3n) is 6.26. The Hall–Kier alpha value is -1.11. The molecule has 1 amide bonds. The molecule has 1 spiro atoms. The Bertz CT molecular complexity index is 597. The zero-order valence-electron chi connectivity index (χ0n) is 15.3. The molecule has 146 valence electrons. The molecule has 1 N–H and O–H groups in total. The fraction of sp³-hybridized carbons (Fsp3) is 0.722. The minimum atomic E-state index is 0. The van der Waals surface area contributed by atoms with Crippen molar-refractivity contribution in [2.75, 3.05) is 38.1 Å². The van der Waals surface area contributed by atoms with E-state index >= 15 is 0 Å². The molecule has 4 rings (SSSR count). The number of rotatable bonds is 3. The maximum Gasteiger partial charge on any atom is 0.226 e. The van der Waals surface area contributed by atoms with E-state index in [1.54, 1.807) is 6.20 Å². The standard InChI is InChI=1S/C18H27N5O.2ClH/c1-22(17(24)15-12-18(15)6-9-19-10-7-18)14-4-3-11-23(13-14)16-5-2-8-20-21-16;;/h2,5,8,14-15,19H,3-4,6-7,9-13H2,1H3;2*1H. The van der Waals surface area contributed by atoms with Crippen LogP contribution in [-0.4, -0.2) is 60.3 Å². The molecule has 0 bridgehead atoms. The Morgan fingerprint density at radius 2 is 2.12 bits per heavy atom. The van der Waals surface area contributed by atoms with E-state index in [1.807, 2.05) is 24.1 Å². The highest BCUT2D eigenvalue weighted by atomic mass is 35.5. The number of halogens is 2. The first-order chi connectivity index (χ1) is 11.7. The summed E-state index contributed by atoms with van der Waals surface area (Å²) in [5, 5.41) is 11.6. The Balaban J connectivity index is 0.00000121. The molecule has 0 aromatic carbocycles. The predicted octanol–water partition coefficient (Wildman–Crippen LogP) is 2.14. The van der Waals surface area contributed by atoms with Crippen molar-refractivity contribution in [1.82, 2.24) is 20.4 Å². The number of likely N-dealkylation sites (N-methyl/N-ethyl adjacent to an activating group) is 1. The average molecular weight is 402 g/mol. The highest BCUT2D eigenvalue weighted by molar-refractivity contribution is 5.85. The van der Waals surface area contributed by atoms with E-state index in [0.717, 1.165) is 64.1 Å². The number of carbonyl (C=O) groups excluding carboxylic acids is 1. The predicted molar refractivity (Wildman–Crippen MR) is 107 cm³/mol. The largest absolute Gasteiger partial charge is 0.353 e. The van der Waals surface area contributed by atoms with E-state index in [0.29, 0.717) is 11.3 Å². The van der Waals surface area contributed by atoms with Crippen LogP contribution in [0.15, 0.2) is 18.3 Å². The molecule has 6 nitrogen and oxygen atoms in total. The molecule has 26 heavy (non-hydrogen) atoms. The molecule has 1 aromatic heterocycles. The minimum absolute atomic E-state index is 0. The third-order valence-corrected chi connectivity index (χ3v) is 6.26. The number of anilines is 1. The van der Waals surface area contributed by atoms with Crippen molar-refractivity contribution in [2.45, 2.75) is 38.1 Å². The Labute approximate surface area is 167 Å². The van der Waals surface area contributed by atoms with Gasteiger partial charge in [-0.3, -0.25) is 4.79 Å². The zero-order chi connectivity index (χ0) is 16.6. The maximum absolute atomic E-state index is 13.0. The van der Waals surface area contributed by atoms with Crippen LogP contribution in [0.4, 0.5) is 5.82 Å². The van der Waals surface area contributed by atoms with Gasteiger partial charge in [-0.25, -0.2) is 0 Å². The van der Waals surface area contributed by atoms with E-state index in [4.69, 9.17) is 0 Å². The van der Waals surface area contributed by atoms with Gasteiger partial charge in [-0.1, -0.05) is 0 Å². The number of nitrogens with one attached hydrogen (secondary N) is 1. The first-order valence-corrected chi connectivity index (χ1v) is 9.20. The molecule has 8 heteroatoms. The first-order valence-electron chi connectivity index (χ1n) is 9.20. The number of piperidine rings is 2. The second kappa shape index (κ2) is 8.72. The van der Waals surface area contributed by atoms with Gasteiger partial charge in [0.1, 0.15) is 0 Å². The van der Waals surface area contributed by atoms with Gasteiger partial charge in [0.25, 0.3) is 0 Å². The van der Waals surface area contributed by atoms with Crippen LogP contribution in [-0.2, 0) is 4.79 Å². The van der Waals surface area contributed by atoms with Crippen LogP contribution in [0.25, 0.3) is 0 Å². The highest BCUT2D eigenvalue weighted by Gasteiger charge is 2.58. The third kappa shape index (κ3) is 4.07. The number of aromatic nitrogens is 2. The van der Waals surface area contributed by atoms with Crippen molar-refractivity contribution in [2.24, 2.45) is 11.3 Å². The Morgan fingerprint density at radius 3 is 2.81 bits per heavy atom. The summed E-state index contributed by atoms with van der Waals surface area (Å²) in [7, 11) is 2.00. The fourth-order valence-electron chi connectivity index (χ4n) is 4.54. The van der Waals surface area contributed by atoms with Crippen molar-refractivity contribution < 1.29 is 4.79 Å². The van der Waals surface area contributed by atoms with Crippen LogP contribution in [0.5, 0.6) is 0 Å². The average Bonchev–Trinajstić information content (AvgIpc) is 3.34. The van der Waals surface area contributed by atoms with E-state index in [-0.39, 0.29) is 36.8 Å². The number of carbonyl (C=O) groups is 1. The van der Waals surface area contributed by atoms with Crippen LogP contribution in [0.3, 0.4) is 0 Å². The fourth-order valence-corrected chi connectivity index (χ4v) is 4.54. The van der Waals surface area contributed by atoms with Crippen LogP contribution < -0.4 is 10.2 Å². The van der Waals surface area contributed by atoms with Crippen molar-refractivity contribution in [3.8, 4) is 0 Å². The normalized spacial score (nSPS) is 26.4.